The summed E-state index contributed by atoms with van der Waals surface area (Å²) in [5.41, 5.74) is 2.89. The first-order valence-corrected chi connectivity index (χ1v) is 11.0. The number of carbonyl (C=O) groups is 2. The fourth-order valence-electron chi connectivity index (χ4n) is 4.77. The van der Waals surface area contributed by atoms with E-state index in [1.54, 1.807) is 30.2 Å². The van der Waals surface area contributed by atoms with E-state index in [0.717, 1.165) is 30.6 Å². The molecule has 0 radical (unpaired) electrons. The van der Waals surface area contributed by atoms with E-state index in [0.29, 0.717) is 24.9 Å². The summed E-state index contributed by atoms with van der Waals surface area (Å²) in [4.78, 5) is 27.8. The minimum atomic E-state index is -0.548. The van der Waals surface area contributed by atoms with Crippen LogP contribution in [0.15, 0.2) is 42.5 Å². The molecule has 1 saturated heterocycles. The van der Waals surface area contributed by atoms with Crippen LogP contribution in [-0.2, 0) is 22.4 Å². The molecule has 2 aromatic rings. The predicted molar refractivity (Wildman–Crippen MR) is 116 cm³/mol. The Hall–Kier alpha value is -2.89. The molecule has 0 spiro atoms. The zero-order chi connectivity index (χ0) is 22.0. The second-order valence-corrected chi connectivity index (χ2v) is 8.51. The van der Waals surface area contributed by atoms with Gasteiger partial charge in [0.05, 0.1) is 13.2 Å². The van der Waals surface area contributed by atoms with E-state index in [1.807, 2.05) is 25.1 Å². The van der Waals surface area contributed by atoms with Gasteiger partial charge in [-0.3, -0.25) is 9.59 Å². The topological polar surface area (TPSA) is 58.6 Å². The van der Waals surface area contributed by atoms with Crippen LogP contribution in [0.4, 0.5) is 4.39 Å². The molecular weight excluding hydrogens is 395 g/mol. The van der Waals surface area contributed by atoms with Gasteiger partial charge in [-0.2, -0.15) is 0 Å². The molecule has 1 N–H and O–H groups in total. The van der Waals surface area contributed by atoms with Gasteiger partial charge in [0, 0.05) is 18.0 Å². The molecule has 0 aromatic heterocycles. The van der Waals surface area contributed by atoms with Crippen LogP contribution >= 0.6 is 0 Å². The Bertz CT molecular complexity index is 977. The summed E-state index contributed by atoms with van der Waals surface area (Å²) in [6.45, 7) is 2.41. The van der Waals surface area contributed by atoms with Crippen molar-refractivity contribution in [1.82, 2.24) is 10.2 Å². The van der Waals surface area contributed by atoms with Gasteiger partial charge >= 0.3 is 0 Å². The van der Waals surface area contributed by atoms with Crippen molar-refractivity contribution in [3.05, 3.63) is 65.0 Å². The van der Waals surface area contributed by atoms with Crippen LogP contribution in [0.3, 0.4) is 0 Å². The maximum Gasteiger partial charge on any atom is 0.245 e. The molecule has 3 unspecified atom stereocenters. The molecule has 2 amide bonds. The molecular formula is C25H29FN2O3. The monoisotopic (exact) mass is 424 g/mol. The molecule has 1 heterocycles. The third kappa shape index (κ3) is 4.43. The molecule has 4 rings (SSSR count). The lowest BCUT2D eigenvalue weighted by atomic mass is 9.83. The van der Waals surface area contributed by atoms with Gasteiger partial charge in [-0.1, -0.05) is 24.3 Å². The van der Waals surface area contributed by atoms with E-state index in [1.165, 1.54) is 11.6 Å². The Labute approximate surface area is 182 Å². The third-order valence-electron chi connectivity index (χ3n) is 6.62. The van der Waals surface area contributed by atoms with E-state index >= 15 is 0 Å². The van der Waals surface area contributed by atoms with E-state index < -0.39 is 6.04 Å². The summed E-state index contributed by atoms with van der Waals surface area (Å²) in [7, 11) is 1.65. The van der Waals surface area contributed by atoms with Crippen LogP contribution in [0.25, 0.3) is 0 Å². The zero-order valence-electron chi connectivity index (χ0n) is 18.1. The second kappa shape index (κ2) is 9.08. The van der Waals surface area contributed by atoms with E-state index in [2.05, 4.69) is 5.32 Å². The Balaban J connectivity index is 1.41. The van der Waals surface area contributed by atoms with Crippen molar-refractivity contribution >= 4 is 11.8 Å². The summed E-state index contributed by atoms with van der Waals surface area (Å²) < 4.78 is 19.5. The van der Waals surface area contributed by atoms with Gasteiger partial charge in [-0.25, -0.2) is 4.39 Å². The molecule has 2 aliphatic rings. The summed E-state index contributed by atoms with van der Waals surface area (Å²) in [6, 6.07) is 11.6. The fraction of sp³-hybridized carbons (Fsp3) is 0.440. The molecule has 0 saturated carbocycles. The van der Waals surface area contributed by atoms with Crippen LogP contribution in [0.5, 0.6) is 5.75 Å². The number of rotatable bonds is 5. The third-order valence-corrected chi connectivity index (χ3v) is 6.62. The summed E-state index contributed by atoms with van der Waals surface area (Å²) in [6.07, 6.45) is 3.64. The van der Waals surface area contributed by atoms with Crippen molar-refractivity contribution in [3.63, 3.8) is 0 Å². The van der Waals surface area contributed by atoms with Crippen LogP contribution < -0.4 is 10.1 Å². The highest BCUT2D eigenvalue weighted by Crippen LogP contribution is 2.30. The van der Waals surface area contributed by atoms with Gasteiger partial charge in [0.15, 0.2) is 0 Å². The van der Waals surface area contributed by atoms with Gasteiger partial charge in [-0.15, -0.1) is 0 Å². The summed E-state index contributed by atoms with van der Waals surface area (Å²) >= 11 is 0. The van der Waals surface area contributed by atoms with Crippen molar-refractivity contribution < 1.29 is 18.7 Å². The number of piperidine rings is 1. The Morgan fingerprint density at radius 2 is 2.00 bits per heavy atom. The van der Waals surface area contributed by atoms with E-state index in [4.69, 9.17) is 4.74 Å². The molecule has 3 atom stereocenters. The van der Waals surface area contributed by atoms with Gasteiger partial charge in [0.2, 0.25) is 11.8 Å². The first-order valence-electron chi connectivity index (χ1n) is 11.0. The number of amides is 2. The van der Waals surface area contributed by atoms with Gasteiger partial charge in [0.1, 0.15) is 17.6 Å². The van der Waals surface area contributed by atoms with Gasteiger partial charge < -0.3 is 15.0 Å². The lowest BCUT2D eigenvalue weighted by Gasteiger charge is -2.37. The number of fused-ring (bicyclic) bond motifs is 1. The van der Waals surface area contributed by atoms with Crippen molar-refractivity contribution in [3.8, 4) is 5.75 Å². The van der Waals surface area contributed by atoms with Crippen molar-refractivity contribution in [1.29, 1.82) is 0 Å². The highest BCUT2D eigenvalue weighted by molar-refractivity contribution is 5.89. The molecule has 6 heteroatoms. The molecule has 0 bridgehead atoms. The average Bonchev–Trinajstić information content (AvgIpc) is 2.79. The fourth-order valence-corrected chi connectivity index (χ4v) is 4.77. The molecule has 1 aliphatic carbocycles. The number of hydrogen-bond acceptors (Lipinski definition) is 3. The largest absolute Gasteiger partial charge is 0.497 e. The predicted octanol–water partition coefficient (Wildman–Crippen LogP) is 3.81. The molecule has 31 heavy (non-hydrogen) atoms. The quantitative estimate of drug-likeness (QED) is 0.794. The highest BCUT2D eigenvalue weighted by Gasteiger charge is 2.35. The van der Waals surface area contributed by atoms with Crippen molar-refractivity contribution in [2.24, 2.45) is 5.92 Å². The zero-order valence-corrected chi connectivity index (χ0v) is 18.1. The lowest BCUT2D eigenvalue weighted by Crippen LogP contribution is -2.54. The molecule has 2 aromatic carbocycles. The number of nitrogens with zero attached hydrogens (tertiary/aromatic N) is 1. The highest BCUT2D eigenvalue weighted by atomic mass is 19.1. The van der Waals surface area contributed by atoms with Gasteiger partial charge in [0.25, 0.3) is 0 Å². The normalized spacial score (nSPS) is 21.9. The second-order valence-electron chi connectivity index (χ2n) is 8.51. The number of methoxy groups -OCH3 is 1. The first kappa shape index (κ1) is 21.3. The summed E-state index contributed by atoms with van der Waals surface area (Å²) in [5.74, 6) is 0.176. The molecule has 1 aliphatic heterocycles. The standard InChI is InChI=1S/C25H29FN2O3/c1-16(21-6-3-4-7-22(21)26)28-13-5-8-23(25(28)30)27-24(29)19-10-9-18-15-20(31-2)12-11-17(18)14-19/h3-4,6-7,11-12,15-16,19,23H,5,8-10,13-14H2,1-2H3,(H,27,29). The smallest absolute Gasteiger partial charge is 0.245 e. The SMILES string of the molecule is COc1ccc2c(c1)CCC(C(=O)NC1CCCN(C(C)c3ccccc3F)C1=O)C2. The molecule has 5 nitrogen and oxygen atoms in total. The maximum absolute atomic E-state index is 14.2. The average molecular weight is 425 g/mol. The van der Waals surface area contributed by atoms with Crippen LogP contribution in [0.1, 0.15) is 48.9 Å². The van der Waals surface area contributed by atoms with Crippen molar-refractivity contribution in [2.45, 2.75) is 51.1 Å². The number of likely N-dealkylation sites (tertiary alicyclic amines) is 1. The maximum atomic E-state index is 14.2. The number of aryl methyl sites for hydroxylation is 1. The van der Waals surface area contributed by atoms with Crippen molar-refractivity contribution in [2.75, 3.05) is 13.7 Å². The number of ether oxygens (including phenoxy) is 1. The van der Waals surface area contributed by atoms with Crippen LogP contribution in [0, 0.1) is 11.7 Å². The van der Waals surface area contributed by atoms with Gasteiger partial charge in [-0.05, 0) is 68.4 Å². The minimum Gasteiger partial charge on any atom is -0.497 e. The minimum absolute atomic E-state index is 0.0692. The Kier molecular flexibility index (Phi) is 6.25. The van der Waals surface area contributed by atoms with E-state index in [9.17, 15) is 14.0 Å². The Morgan fingerprint density at radius 3 is 2.77 bits per heavy atom. The van der Waals surface area contributed by atoms with E-state index in [-0.39, 0.29) is 29.6 Å². The number of halogens is 1. The molecule has 164 valence electrons. The lowest BCUT2D eigenvalue weighted by molar-refractivity contribution is -0.141. The van der Waals surface area contributed by atoms with Crippen LogP contribution in [0.2, 0.25) is 0 Å². The van der Waals surface area contributed by atoms with Crippen LogP contribution in [-0.4, -0.2) is 36.4 Å². The number of carbonyl (C=O) groups excluding carboxylic acids is 2. The first-order chi connectivity index (χ1) is 15.0. The Morgan fingerprint density at radius 1 is 1.19 bits per heavy atom. The molecule has 1 fully saturated rings. The number of benzene rings is 2. The number of hydrogen-bond donors (Lipinski definition) is 1. The summed E-state index contributed by atoms with van der Waals surface area (Å²) in [5, 5.41) is 2.99. The number of nitrogens with one attached hydrogen (secondary N) is 1.